The van der Waals surface area contributed by atoms with Crippen molar-refractivity contribution in [1.29, 1.82) is 0 Å². The van der Waals surface area contributed by atoms with E-state index >= 15 is 0 Å². The molecule has 0 aliphatic heterocycles. The van der Waals surface area contributed by atoms with Gasteiger partial charge in [0.15, 0.2) is 11.8 Å². The minimum atomic E-state index is -4.87. The quantitative estimate of drug-likeness (QED) is 0.102. The lowest BCUT2D eigenvalue weighted by atomic mass is 10.00. The van der Waals surface area contributed by atoms with Crippen LogP contribution in [0.5, 0.6) is 0 Å². The Hall–Kier alpha value is -5.86. The molecule has 0 bridgehead atoms. The van der Waals surface area contributed by atoms with Crippen molar-refractivity contribution in [2.24, 2.45) is 5.92 Å². The molecule has 1 heterocycles. The summed E-state index contributed by atoms with van der Waals surface area (Å²) >= 11 is 0. The van der Waals surface area contributed by atoms with Gasteiger partial charge in [0.05, 0.1) is 5.69 Å². The number of anilines is 1. The molecule has 0 aliphatic rings. The van der Waals surface area contributed by atoms with E-state index in [0.717, 1.165) is 4.68 Å². The van der Waals surface area contributed by atoms with Crippen molar-refractivity contribution in [3.05, 3.63) is 113 Å². The molecular weight excluding hydrogens is 719 g/mol. The maximum atomic E-state index is 13.9. The SMILES string of the molecule is CC(C)C(NC(=O)OC(C)(C)C)C(=O)OC(c1ccccc1)c1cccc(NC(=O)c2cc(C(F)(F)F)nn2-c2cccc(CNC(=O)OC(C)(C)C)c2)c1. The molecule has 3 aromatic carbocycles. The number of aromatic nitrogens is 2. The van der Waals surface area contributed by atoms with E-state index in [1.54, 1.807) is 110 Å². The monoisotopic (exact) mass is 765 g/mol. The molecule has 12 nitrogen and oxygen atoms in total. The highest BCUT2D eigenvalue weighted by atomic mass is 19.4. The first-order chi connectivity index (χ1) is 25.6. The van der Waals surface area contributed by atoms with Gasteiger partial charge in [-0.25, -0.2) is 19.1 Å². The fourth-order valence-corrected chi connectivity index (χ4v) is 5.22. The normalized spacial score (nSPS) is 13.0. The van der Waals surface area contributed by atoms with E-state index in [2.05, 4.69) is 21.0 Å². The standard InChI is InChI=1S/C40H46F3N5O7/c1-24(2)32(46-37(52)55-39(6,7)8)35(50)53-33(26-15-10-9-11-16-26)27-17-13-18-28(21-27)45-34(49)30-22-31(40(41,42)43)47-48(30)29-19-12-14-25(20-29)23-44-36(51)54-38(3,4)5/h9-22,24,32-33H,23H2,1-8H3,(H,44,51)(H,45,49)(H,46,52). The van der Waals surface area contributed by atoms with Crippen LogP contribution in [0.15, 0.2) is 84.9 Å². The molecule has 3 N–H and O–H groups in total. The summed E-state index contributed by atoms with van der Waals surface area (Å²) in [5, 5.41) is 11.5. The highest BCUT2D eigenvalue weighted by molar-refractivity contribution is 6.03. The number of benzene rings is 3. The summed E-state index contributed by atoms with van der Waals surface area (Å²) < 4.78 is 59.3. The van der Waals surface area contributed by atoms with Crippen LogP contribution in [0.2, 0.25) is 0 Å². The van der Waals surface area contributed by atoms with Crippen molar-refractivity contribution in [1.82, 2.24) is 20.4 Å². The third-order valence-corrected chi connectivity index (χ3v) is 7.60. The number of amides is 3. The highest BCUT2D eigenvalue weighted by Gasteiger charge is 2.36. The summed E-state index contributed by atoms with van der Waals surface area (Å²) in [6.07, 6.45) is -7.34. The molecule has 294 valence electrons. The van der Waals surface area contributed by atoms with Crippen LogP contribution < -0.4 is 16.0 Å². The van der Waals surface area contributed by atoms with Crippen molar-refractivity contribution >= 4 is 29.8 Å². The van der Waals surface area contributed by atoms with Crippen LogP contribution in [0.4, 0.5) is 28.4 Å². The zero-order chi connectivity index (χ0) is 40.7. The van der Waals surface area contributed by atoms with Crippen LogP contribution in [-0.2, 0) is 31.7 Å². The first-order valence-electron chi connectivity index (χ1n) is 17.5. The van der Waals surface area contributed by atoms with Gasteiger partial charge in [0, 0.05) is 18.3 Å². The van der Waals surface area contributed by atoms with E-state index in [9.17, 15) is 32.3 Å². The Morgan fingerprint density at radius 2 is 1.38 bits per heavy atom. The Kier molecular flexibility index (Phi) is 13.0. The van der Waals surface area contributed by atoms with Gasteiger partial charge in [-0.1, -0.05) is 68.4 Å². The summed E-state index contributed by atoms with van der Waals surface area (Å²) in [4.78, 5) is 52.1. The average Bonchev–Trinajstić information content (AvgIpc) is 3.55. The van der Waals surface area contributed by atoms with Crippen LogP contribution in [0.3, 0.4) is 0 Å². The zero-order valence-corrected chi connectivity index (χ0v) is 31.9. The number of alkyl halides is 3. The van der Waals surface area contributed by atoms with Gasteiger partial charge in [-0.3, -0.25) is 4.79 Å². The van der Waals surface area contributed by atoms with Crippen molar-refractivity contribution in [2.75, 3.05) is 5.32 Å². The van der Waals surface area contributed by atoms with Crippen LogP contribution in [0.25, 0.3) is 5.69 Å². The highest BCUT2D eigenvalue weighted by Crippen LogP contribution is 2.32. The first-order valence-corrected chi connectivity index (χ1v) is 17.5. The third-order valence-electron chi connectivity index (χ3n) is 7.60. The molecule has 0 aliphatic carbocycles. The van der Waals surface area contributed by atoms with Gasteiger partial charge in [0.2, 0.25) is 0 Å². The number of hydrogen-bond acceptors (Lipinski definition) is 8. The molecule has 0 spiro atoms. The number of alkyl carbamates (subject to hydrolysis) is 2. The molecule has 2 unspecified atom stereocenters. The van der Waals surface area contributed by atoms with Crippen LogP contribution in [0.1, 0.15) is 94.4 Å². The Bertz CT molecular complexity index is 1980. The summed E-state index contributed by atoms with van der Waals surface area (Å²) in [6.45, 7) is 13.7. The molecule has 0 fully saturated rings. The molecule has 2 atom stereocenters. The minimum absolute atomic E-state index is 0.00733. The second-order valence-electron chi connectivity index (χ2n) is 15.0. The molecule has 0 saturated heterocycles. The van der Waals surface area contributed by atoms with E-state index in [0.29, 0.717) is 22.8 Å². The maximum absolute atomic E-state index is 13.9. The van der Waals surface area contributed by atoms with E-state index in [-0.39, 0.29) is 23.8 Å². The molecule has 55 heavy (non-hydrogen) atoms. The second-order valence-corrected chi connectivity index (χ2v) is 15.0. The largest absolute Gasteiger partial charge is 0.451 e. The van der Waals surface area contributed by atoms with Crippen molar-refractivity contribution < 1.29 is 46.6 Å². The molecule has 15 heteroatoms. The molecular formula is C40H46F3N5O7. The number of ether oxygens (including phenoxy) is 3. The maximum Gasteiger partial charge on any atom is 0.435 e. The van der Waals surface area contributed by atoms with E-state index in [1.165, 1.54) is 24.3 Å². The molecule has 3 amide bonds. The van der Waals surface area contributed by atoms with Gasteiger partial charge >= 0.3 is 24.3 Å². The number of esters is 1. The van der Waals surface area contributed by atoms with Crippen molar-refractivity contribution in [3.8, 4) is 5.69 Å². The smallest absolute Gasteiger partial charge is 0.435 e. The Morgan fingerprint density at radius 1 is 0.764 bits per heavy atom. The fraction of sp³-hybridized carbons (Fsp3) is 0.375. The number of hydrogen-bond donors (Lipinski definition) is 3. The topological polar surface area (TPSA) is 150 Å². The average molecular weight is 766 g/mol. The fourth-order valence-electron chi connectivity index (χ4n) is 5.22. The minimum Gasteiger partial charge on any atom is -0.451 e. The lowest BCUT2D eigenvalue weighted by molar-refractivity contribution is -0.151. The van der Waals surface area contributed by atoms with Gasteiger partial charge in [-0.2, -0.15) is 18.3 Å². The van der Waals surface area contributed by atoms with Gasteiger partial charge < -0.3 is 30.2 Å². The summed E-state index contributed by atoms with van der Waals surface area (Å²) in [7, 11) is 0. The Labute approximate surface area is 317 Å². The summed E-state index contributed by atoms with van der Waals surface area (Å²) in [5.74, 6) is -2.03. The van der Waals surface area contributed by atoms with Crippen LogP contribution >= 0.6 is 0 Å². The van der Waals surface area contributed by atoms with Crippen LogP contribution in [-0.4, -0.2) is 51.1 Å². The first kappa shape index (κ1) is 41.9. The van der Waals surface area contributed by atoms with Crippen molar-refractivity contribution in [2.45, 2.75) is 91.5 Å². The number of halogens is 3. The molecule has 0 saturated carbocycles. The van der Waals surface area contributed by atoms with Gasteiger partial charge in [-0.15, -0.1) is 0 Å². The van der Waals surface area contributed by atoms with E-state index in [1.807, 2.05) is 0 Å². The number of carbonyl (C=O) groups is 4. The van der Waals surface area contributed by atoms with E-state index < -0.39 is 65.0 Å². The number of rotatable bonds is 11. The molecule has 4 aromatic rings. The Morgan fingerprint density at radius 3 is 2.00 bits per heavy atom. The van der Waals surface area contributed by atoms with Crippen LogP contribution in [0, 0.1) is 5.92 Å². The van der Waals surface area contributed by atoms with E-state index in [4.69, 9.17) is 14.2 Å². The third kappa shape index (κ3) is 12.3. The lowest BCUT2D eigenvalue weighted by Crippen LogP contribution is -2.47. The summed E-state index contributed by atoms with van der Waals surface area (Å²) in [5.41, 5.74) is -1.43. The molecule has 1 aromatic heterocycles. The number of nitrogens with zero attached hydrogens (tertiary/aromatic N) is 2. The number of carbonyl (C=O) groups excluding carboxylic acids is 4. The predicted octanol–water partition coefficient (Wildman–Crippen LogP) is 8.35. The van der Waals surface area contributed by atoms with Gasteiger partial charge in [-0.05, 0) is 88.4 Å². The number of nitrogens with one attached hydrogen (secondary N) is 3. The zero-order valence-electron chi connectivity index (χ0n) is 31.9. The lowest BCUT2D eigenvalue weighted by Gasteiger charge is -2.27. The van der Waals surface area contributed by atoms with Crippen molar-refractivity contribution in [3.63, 3.8) is 0 Å². The predicted molar refractivity (Wildman–Crippen MR) is 198 cm³/mol. The molecule has 0 radical (unpaired) electrons. The second kappa shape index (κ2) is 17.1. The molecule has 4 rings (SSSR count). The Balaban J connectivity index is 1.62. The van der Waals surface area contributed by atoms with Gasteiger partial charge in [0.25, 0.3) is 5.91 Å². The summed E-state index contributed by atoms with van der Waals surface area (Å²) in [6, 6.07) is 20.8. The van der Waals surface area contributed by atoms with Gasteiger partial charge in [0.1, 0.15) is 22.9 Å².